The number of amides is 2. The van der Waals surface area contributed by atoms with Crippen LogP contribution in [0.25, 0.3) is 0 Å². The lowest BCUT2D eigenvalue weighted by molar-refractivity contribution is -0.138. The monoisotopic (exact) mass is 498 g/mol. The van der Waals surface area contributed by atoms with Gasteiger partial charge in [-0.2, -0.15) is 0 Å². The zero-order valence-corrected chi connectivity index (χ0v) is 19.5. The number of fused-ring (bicyclic) bond motifs is 1. The molecule has 2 aliphatic heterocycles. The van der Waals surface area contributed by atoms with Gasteiger partial charge in [-0.1, -0.05) is 53.2 Å². The Morgan fingerprint density at radius 1 is 1.28 bits per heavy atom. The van der Waals surface area contributed by atoms with Gasteiger partial charge in [-0.15, -0.1) is 0 Å². The summed E-state index contributed by atoms with van der Waals surface area (Å²) < 4.78 is 0.771. The molecular formula is C25H27BrN2O4. The lowest BCUT2D eigenvalue weighted by Gasteiger charge is -2.28. The lowest BCUT2D eigenvalue weighted by atomic mass is 9.83. The highest BCUT2D eigenvalue weighted by Crippen LogP contribution is 2.48. The summed E-state index contributed by atoms with van der Waals surface area (Å²) in [7, 11) is 0. The minimum Gasteiger partial charge on any atom is -0.394 e. The molecule has 1 saturated heterocycles. The molecule has 7 heteroatoms. The number of aliphatic hydroxyl groups excluding tert-OH is 1. The van der Waals surface area contributed by atoms with Gasteiger partial charge in [0, 0.05) is 34.6 Å². The highest BCUT2D eigenvalue weighted by molar-refractivity contribution is 9.10. The molecule has 3 atom stereocenters. The fourth-order valence-electron chi connectivity index (χ4n) is 4.66. The van der Waals surface area contributed by atoms with E-state index in [0.717, 1.165) is 17.3 Å². The molecule has 2 heterocycles. The molecule has 4 rings (SSSR count). The molecule has 1 fully saturated rings. The molecule has 0 bridgehead atoms. The predicted octanol–water partition coefficient (Wildman–Crippen LogP) is 3.88. The maximum atomic E-state index is 13.5. The molecule has 0 aromatic heterocycles. The second-order valence-corrected chi connectivity index (χ2v) is 9.31. The van der Waals surface area contributed by atoms with Crippen LogP contribution in [0.3, 0.4) is 0 Å². The third kappa shape index (κ3) is 3.89. The summed E-state index contributed by atoms with van der Waals surface area (Å²) in [5, 5.41) is 21.2. The number of likely N-dealkylation sites (tertiary alicyclic amines) is 1. The number of carbonyl (C=O) groups excluding carboxylic acids is 2. The van der Waals surface area contributed by atoms with Crippen molar-refractivity contribution in [2.75, 3.05) is 18.1 Å². The van der Waals surface area contributed by atoms with Gasteiger partial charge in [-0.3, -0.25) is 14.5 Å². The van der Waals surface area contributed by atoms with Crippen molar-refractivity contribution >= 4 is 39.1 Å². The van der Waals surface area contributed by atoms with E-state index in [9.17, 15) is 19.8 Å². The quantitative estimate of drug-likeness (QED) is 0.592. The summed E-state index contributed by atoms with van der Waals surface area (Å²) in [6, 6.07) is 14.6. The van der Waals surface area contributed by atoms with E-state index < -0.39 is 17.4 Å². The van der Waals surface area contributed by atoms with Crippen LogP contribution < -0.4 is 4.90 Å². The first kappa shape index (κ1) is 22.7. The SMILES string of the molecule is C[C@@H](/C=C/CC(=O)N1CCC[C@H]1CO)[C@]1(O)C(=O)N(c2ccccc2)c2ccc(Br)cc21. The van der Waals surface area contributed by atoms with Crippen LogP contribution in [0.15, 0.2) is 65.2 Å². The number of hydrogen-bond acceptors (Lipinski definition) is 4. The second kappa shape index (κ2) is 9.17. The molecule has 2 N–H and O–H groups in total. The Balaban J connectivity index is 1.59. The molecule has 168 valence electrons. The maximum absolute atomic E-state index is 13.5. The molecule has 2 aliphatic rings. The molecular weight excluding hydrogens is 472 g/mol. The van der Waals surface area contributed by atoms with E-state index >= 15 is 0 Å². The van der Waals surface area contributed by atoms with Crippen LogP contribution in [0.4, 0.5) is 11.4 Å². The first-order valence-corrected chi connectivity index (χ1v) is 11.7. The van der Waals surface area contributed by atoms with E-state index in [0.29, 0.717) is 23.5 Å². The molecule has 0 unspecified atom stereocenters. The molecule has 2 aromatic carbocycles. The van der Waals surface area contributed by atoms with Crippen LogP contribution in [0.2, 0.25) is 0 Å². The largest absolute Gasteiger partial charge is 0.394 e. The normalized spacial score (nSPS) is 23.8. The predicted molar refractivity (Wildman–Crippen MR) is 126 cm³/mol. The van der Waals surface area contributed by atoms with Gasteiger partial charge in [0.2, 0.25) is 5.91 Å². The van der Waals surface area contributed by atoms with Crippen molar-refractivity contribution < 1.29 is 19.8 Å². The number of aliphatic hydroxyl groups is 2. The first-order chi connectivity index (χ1) is 15.4. The number of para-hydroxylation sites is 1. The van der Waals surface area contributed by atoms with Crippen molar-refractivity contribution in [3.63, 3.8) is 0 Å². The number of benzene rings is 2. The van der Waals surface area contributed by atoms with Crippen LogP contribution in [0.1, 0.15) is 31.7 Å². The van der Waals surface area contributed by atoms with Crippen LogP contribution in [-0.4, -0.2) is 46.1 Å². The zero-order valence-electron chi connectivity index (χ0n) is 17.9. The number of nitrogens with zero attached hydrogens (tertiary/aromatic N) is 2. The van der Waals surface area contributed by atoms with Gasteiger partial charge in [0.15, 0.2) is 5.60 Å². The Hall–Kier alpha value is -2.48. The molecule has 6 nitrogen and oxygen atoms in total. The van der Waals surface area contributed by atoms with Gasteiger partial charge in [0.05, 0.1) is 18.3 Å². The summed E-state index contributed by atoms with van der Waals surface area (Å²) in [6.45, 7) is 2.41. The fraction of sp³-hybridized carbons (Fsp3) is 0.360. The molecule has 0 saturated carbocycles. The average Bonchev–Trinajstić information content (AvgIpc) is 3.36. The van der Waals surface area contributed by atoms with Crippen LogP contribution in [0.5, 0.6) is 0 Å². The van der Waals surface area contributed by atoms with Gasteiger partial charge in [-0.25, -0.2) is 0 Å². The Labute approximate surface area is 196 Å². The van der Waals surface area contributed by atoms with Crippen molar-refractivity contribution in [1.29, 1.82) is 0 Å². The number of carbonyl (C=O) groups is 2. The van der Waals surface area contributed by atoms with Crippen LogP contribution >= 0.6 is 15.9 Å². The molecule has 2 aromatic rings. The Kier molecular flexibility index (Phi) is 6.51. The standard InChI is InChI=1S/C25H27BrN2O4/c1-17(7-5-11-23(30)27-14-6-10-20(27)16-29)25(32)21-15-18(26)12-13-22(21)28(24(25)31)19-8-3-2-4-9-19/h2-5,7-9,12-13,15,17,20,29,32H,6,10-11,14,16H2,1H3/b7-5+/t17-,20-,25+/m0/s1. The molecule has 0 radical (unpaired) electrons. The van der Waals surface area contributed by atoms with Gasteiger partial charge in [-0.05, 0) is 43.2 Å². The third-order valence-corrected chi connectivity index (χ3v) is 6.93. The first-order valence-electron chi connectivity index (χ1n) is 10.9. The smallest absolute Gasteiger partial charge is 0.268 e. The second-order valence-electron chi connectivity index (χ2n) is 8.39. The van der Waals surface area contributed by atoms with E-state index in [1.54, 1.807) is 34.9 Å². The van der Waals surface area contributed by atoms with Crippen molar-refractivity contribution in [1.82, 2.24) is 4.90 Å². The van der Waals surface area contributed by atoms with Crippen molar-refractivity contribution in [2.45, 2.75) is 37.8 Å². The van der Waals surface area contributed by atoms with Gasteiger partial charge >= 0.3 is 0 Å². The number of hydrogen-bond donors (Lipinski definition) is 2. The van der Waals surface area contributed by atoms with Crippen molar-refractivity contribution in [3.8, 4) is 0 Å². The molecule has 0 aliphatic carbocycles. The van der Waals surface area contributed by atoms with E-state index in [2.05, 4.69) is 15.9 Å². The highest BCUT2D eigenvalue weighted by atomic mass is 79.9. The highest BCUT2D eigenvalue weighted by Gasteiger charge is 2.53. The summed E-state index contributed by atoms with van der Waals surface area (Å²) in [4.78, 5) is 29.4. The Morgan fingerprint density at radius 2 is 2.03 bits per heavy atom. The summed E-state index contributed by atoms with van der Waals surface area (Å²) in [5.74, 6) is -1.03. The van der Waals surface area contributed by atoms with Gasteiger partial charge < -0.3 is 15.1 Å². The van der Waals surface area contributed by atoms with E-state index in [4.69, 9.17) is 0 Å². The van der Waals surface area contributed by atoms with Gasteiger partial charge in [0.1, 0.15) is 0 Å². The Bertz CT molecular complexity index is 1040. The number of rotatable bonds is 6. The number of halogens is 1. The maximum Gasteiger partial charge on any atom is 0.268 e. The molecule has 32 heavy (non-hydrogen) atoms. The zero-order chi connectivity index (χ0) is 22.9. The molecule has 0 spiro atoms. The minimum absolute atomic E-state index is 0.0267. The summed E-state index contributed by atoms with van der Waals surface area (Å²) >= 11 is 3.45. The fourth-order valence-corrected chi connectivity index (χ4v) is 5.02. The Morgan fingerprint density at radius 3 is 2.75 bits per heavy atom. The molecule has 2 amide bonds. The minimum atomic E-state index is -1.75. The lowest BCUT2D eigenvalue weighted by Crippen LogP contribution is -2.42. The van der Waals surface area contributed by atoms with Crippen molar-refractivity contribution in [3.05, 3.63) is 70.7 Å². The van der Waals surface area contributed by atoms with Crippen LogP contribution in [-0.2, 0) is 15.2 Å². The third-order valence-electron chi connectivity index (χ3n) is 6.44. The van der Waals surface area contributed by atoms with Crippen molar-refractivity contribution in [2.24, 2.45) is 5.92 Å². The summed E-state index contributed by atoms with van der Waals surface area (Å²) in [6.07, 6.45) is 5.33. The number of anilines is 2. The average molecular weight is 499 g/mol. The van der Waals surface area contributed by atoms with E-state index in [-0.39, 0.29) is 25.0 Å². The van der Waals surface area contributed by atoms with E-state index in [1.807, 2.05) is 42.5 Å². The topological polar surface area (TPSA) is 81.1 Å². The van der Waals surface area contributed by atoms with E-state index in [1.165, 1.54) is 0 Å². The van der Waals surface area contributed by atoms with Crippen LogP contribution in [0, 0.1) is 5.92 Å². The summed E-state index contributed by atoms with van der Waals surface area (Å²) in [5.41, 5.74) is 0.109. The van der Waals surface area contributed by atoms with Gasteiger partial charge in [0.25, 0.3) is 5.91 Å².